The van der Waals surface area contributed by atoms with Crippen LogP contribution in [-0.4, -0.2) is 22.2 Å². The monoisotopic (exact) mass is 324 g/mol. The standard InChI is InChI=1S/C20H20O4/c21-18(22)16-13-20(19(23)24,12-15-9-5-2-6-10-15)17(16)11-14-7-3-1-4-8-14/h1-10,16-17H,11-13H2,(H,21,22)(H,23,24)/t16-,17?,20+/m1/s1. The molecule has 0 amide bonds. The second-order valence-corrected chi connectivity index (χ2v) is 6.57. The average molecular weight is 324 g/mol. The predicted octanol–water partition coefficient (Wildman–Crippen LogP) is 3.26. The van der Waals surface area contributed by atoms with Gasteiger partial charge in [0, 0.05) is 0 Å². The molecule has 24 heavy (non-hydrogen) atoms. The van der Waals surface area contributed by atoms with E-state index in [1.165, 1.54) is 0 Å². The van der Waals surface area contributed by atoms with E-state index >= 15 is 0 Å². The van der Waals surface area contributed by atoms with Gasteiger partial charge >= 0.3 is 11.9 Å². The highest BCUT2D eigenvalue weighted by molar-refractivity contribution is 5.82. The minimum Gasteiger partial charge on any atom is -0.481 e. The van der Waals surface area contributed by atoms with Crippen LogP contribution < -0.4 is 0 Å². The van der Waals surface area contributed by atoms with Crippen LogP contribution >= 0.6 is 0 Å². The molecular weight excluding hydrogens is 304 g/mol. The summed E-state index contributed by atoms with van der Waals surface area (Å²) >= 11 is 0. The van der Waals surface area contributed by atoms with Gasteiger partial charge in [-0.05, 0) is 36.3 Å². The molecular formula is C20H20O4. The summed E-state index contributed by atoms with van der Waals surface area (Å²) < 4.78 is 0. The summed E-state index contributed by atoms with van der Waals surface area (Å²) in [6.45, 7) is 0. The van der Waals surface area contributed by atoms with E-state index in [1.54, 1.807) is 0 Å². The number of hydrogen-bond donors (Lipinski definition) is 2. The SMILES string of the molecule is O=C(O)[C@@H]1C[C@](Cc2ccccc2)(C(=O)O)C1Cc1ccccc1. The number of aliphatic carboxylic acids is 2. The third-order valence-electron chi connectivity index (χ3n) is 5.18. The summed E-state index contributed by atoms with van der Waals surface area (Å²) in [6, 6.07) is 19.0. The molecule has 1 fully saturated rings. The maximum atomic E-state index is 12.1. The van der Waals surface area contributed by atoms with Gasteiger partial charge in [0.05, 0.1) is 11.3 Å². The molecule has 1 unspecified atom stereocenters. The fraction of sp³-hybridized carbons (Fsp3) is 0.300. The highest BCUT2D eigenvalue weighted by Gasteiger charge is 2.60. The average Bonchev–Trinajstić information content (AvgIpc) is 2.57. The molecule has 4 heteroatoms. The minimum absolute atomic E-state index is 0.185. The van der Waals surface area contributed by atoms with Crippen molar-refractivity contribution in [1.82, 2.24) is 0 Å². The molecule has 1 saturated carbocycles. The summed E-state index contributed by atoms with van der Waals surface area (Å²) in [6.07, 6.45) is 1.02. The van der Waals surface area contributed by atoms with E-state index < -0.39 is 29.2 Å². The van der Waals surface area contributed by atoms with Gasteiger partial charge in [0.1, 0.15) is 0 Å². The van der Waals surface area contributed by atoms with Crippen LogP contribution in [0.4, 0.5) is 0 Å². The zero-order valence-corrected chi connectivity index (χ0v) is 13.3. The Labute approximate surface area is 140 Å². The maximum absolute atomic E-state index is 12.1. The van der Waals surface area contributed by atoms with Gasteiger partial charge in [0.15, 0.2) is 0 Å². The number of carboxylic acids is 2. The number of benzene rings is 2. The topological polar surface area (TPSA) is 74.6 Å². The first-order valence-electron chi connectivity index (χ1n) is 8.07. The van der Waals surface area contributed by atoms with E-state index in [9.17, 15) is 19.8 Å². The number of carboxylic acid groups (broad SMARTS) is 2. The van der Waals surface area contributed by atoms with Crippen molar-refractivity contribution in [2.45, 2.75) is 19.3 Å². The second kappa shape index (κ2) is 6.48. The van der Waals surface area contributed by atoms with Gasteiger partial charge < -0.3 is 10.2 Å². The van der Waals surface area contributed by atoms with Crippen LogP contribution in [-0.2, 0) is 22.4 Å². The van der Waals surface area contributed by atoms with Crippen LogP contribution in [0.15, 0.2) is 60.7 Å². The van der Waals surface area contributed by atoms with Crippen molar-refractivity contribution in [2.24, 2.45) is 17.3 Å². The van der Waals surface area contributed by atoms with Crippen LogP contribution in [0.1, 0.15) is 17.5 Å². The van der Waals surface area contributed by atoms with Crippen molar-refractivity contribution in [1.29, 1.82) is 0 Å². The second-order valence-electron chi connectivity index (χ2n) is 6.57. The van der Waals surface area contributed by atoms with Crippen LogP contribution in [0.3, 0.4) is 0 Å². The van der Waals surface area contributed by atoms with E-state index in [4.69, 9.17) is 0 Å². The van der Waals surface area contributed by atoms with Gasteiger partial charge in [0.2, 0.25) is 0 Å². The van der Waals surface area contributed by atoms with Crippen molar-refractivity contribution in [3.05, 3.63) is 71.8 Å². The molecule has 0 bridgehead atoms. The molecule has 2 aromatic rings. The predicted molar refractivity (Wildman–Crippen MR) is 89.6 cm³/mol. The van der Waals surface area contributed by atoms with Crippen molar-refractivity contribution in [3.63, 3.8) is 0 Å². The molecule has 3 rings (SSSR count). The molecule has 1 aliphatic carbocycles. The third-order valence-corrected chi connectivity index (χ3v) is 5.18. The Balaban J connectivity index is 1.91. The van der Waals surface area contributed by atoms with Gasteiger partial charge in [-0.25, -0.2) is 0 Å². The fourth-order valence-electron chi connectivity index (χ4n) is 3.86. The molecule has 0 spiro atoms. The highest BCUT2D eigenvalue weighted by Crippen LogP contribution is 2.55. The number of rotatable bonds is 6. The molecule has 2 aromatic carbocycles. The lowest BCUT2D eigenvalue weighted by Crippen LogP contribution is -2.57. The van der Waals surface area contributed by atoms with Crippen molar-refractivity contribution in [2.75, 3.05) is 0 Å². The lowest BCUT2D eigenvalue weighted by atomic mass is 9.50. The van der Waals surface area contributed by atoms with Crippen LogP contribution in [0.5, 0.6) is 0 Å². The zero-order chi connectivity index (χ0) is 17.2. The lowest BCUT2D eigenvalue weighted by molar-refractivity contribution is -0.178. The Bertz CT molecular complexity index is 726. The van der Waals surface area contributed by atoms with E-state index in [-0.39, 0.29) is 6.42 Å². The molecule has 0 radical (unpaired) electrons. The smallest absolute Gasteiger partial charge is 0.310 e. The Morgan fingerprint density at radius 3 is 1.96 bits per heavy atom. The van der Waals surface area contributed by atoms with Gasteiger partial charge in [-0.1, -0.05) is 60.7 Å². The highest BCUT2D eigenvalue weighted by atomic mass is 16.4. The Kier molecular flexibility index (Phi) is 4.38. The molecule has 2 N–H and O–H groups in total. The van der Waals surface area contributed by atoms with Crippen LogP contribution in [0.25, 0.3) is 0 Å². The van der Waals surface area contributed by atoms with Crippen LogP contribution in [0, 0.1) is 17.3 Å². The Hall–Kier alpha value is -2.62. The van der Waals surface area contributed by atoms with E-state index in [0.717, 1.165) is 11.1 Å². The lowest BCUT2D eigenvalue weighted by Gasteiger charge is -2.51. The van der Waals surface area contributed by atoms with Crippen molar-refractivity contribution in [3.8, 4) is 0 Å². The van der Waals surface area contributed by atoms with Crippen molar-refractivity contribution < 1.29 is 19.8 Å². The summed E-state index contributed by atoms with van der Waals surface area (Å²) in [5, 5.41) is 19.4. The van der Waals surface area contributed by atoms with Gasteiger partial charge in [-0.15, -0.1) is 0 Å². The summed E-state index contributed by atoms with van der Waals surface area (Å²) in [5.74, 6) is -2.81. The summed E-state index contributed by atoms with van der Waals surface area (Å²) in [7, 11) is 0. The normalized spacial score (nSPS) is 25.7. The first-order valence-corrected chi connectivity index (χ1v) is 8.07. The van der Waals surface area contributed by atoms with Crippen LogP contribution in [0.2, 0.25) is 0 Å². The molecule has 3 atom stereocenters. The number of hydrogen-bond acceptors (Lipinski definition) is 2. The third kappa shape index (κ3) is 2.92. The van der Waals surface area contributed by atoms with E-state index in [0.29, 0.717) is 12.8 Å². The van der Waals surface area contributed by atoms with E-state index in [2.05, 4.69) is 0 Å². The van der Waals surface area contributed by atoms with E-state index in [1.807, 2.05) is 60.7 Å². The fourth-order valence-corrected chi connectivity index (χ4v) is 3.86. The minimum atomic E-state index is -1.01. The van der Waals surface area contributed by atoms with Crippen molar-refractivity contribution >= 4 is 11.9 Å². The summed E-state index contributed by atoms with van der Waals surface area (Å²) in [5.41, 5.74) is 0.897. The first-order chi connectivity index (χ1) is 11.5. The molecule has 0 aromatic heterocycles. The van der Waals surface area contributed by atoms with Gasteiger partial charge in [-0.3, -0.25) is 9.59 Å². The maximum Gasteiger partial charge on any atom is 0.310 e. The van der Waals surface area contributed by atoms with Gasteiger partial charge in [-0.2, -0.15) is 0 Å². The molecule has 0 heterocycles. The Morgan fingerprint density at radius 1 is 0.917 bits per heavy atom. The molecule has 4 nitrogen and oxygen atoms in total. The van der Waals surface area contributed by atoms with Gasteiger partial charge in [0.25, 0.3) is 0 Å². The largest absolute Gasteiger partial charge is 0.481 e. The summed E-state index contributed by atoms with van der Waals surface area (Å²) in [4.78, 5) is 23.6. The molecule has 0 aliphatic heterocycles. The molecule has 0 saturated heterocycles. The Morgan fingerprint density at radius 2 is 1.46 bits per heavy atom. The number of carbonyl (C=O) groups is 2. The zero-order valence-electron chi connectivity index (χ0n) is 13.3. The molecule has 1 aliphatic rings. The first kappa shape index (κ1) is 16.2. The molecule has 124 valence electrons. The quantitative estimate of drug-likeness (QED) is 0.855.